The Hall–Kier alpha value is -1.83. The summed E-state index contributed by atoms with van der Waals surface area (Å²) in [6.45, 7) is 0.404. The average molecular weight is 370 g/mol. The number of benzene rings is 1. The van der Waals surface area contributed by atoms with Gasteiger partial charge in [0.15, 0.2) is 0 Å². The molecule has 2 atom stereocenters. The van der Waals surface area contributed by atoms with E-state index in [0.717, 1.165) is 19.3 Å². The van der Waals surface area contributed by atoms with Crippen LogP contribution in [0, 0.1) is 0 Å². The van der Waals surface area contributed by atoms with E-state index in [9.17, 15) is 9.59 Å². The highest BCUT2D eigenvalue weighted by Crippen LogP contribution is 2.26. The highest BCUT2D eigenvalue weighted by atomic mass is 35.5. The lowest BCUT2D eigenvalue weighted by molar-refractivity contribution is -0.126. The normalized spacial score (nSPS) is 22.0. The van der Waals surface area contributed by atoms with Crippen LogP contribution in [0.15, 0.2) is 18.2 Å². The zero-order valence-electron chi connectivity index (χ0n) is 14.1. The number of hydrogen-bond donors (Lipinski definition) is 3. The fourth-order valence-corrected chi connectivity index (χ4v) is 2.72. The number of carbonyl (C=O) groups is 2. The number of nitrogens with two attached hydrogens (primary N) is 1. The molecule has 0 bridgehead atoms. The predicted molar refractivity (Wildman–Crippen MR) is 96.3 cm³/mol. The summed E-state index contributed by atoms with van der Waals surface area (Å²) in [5.74, 6) is 0.102. The van der Waals surface area contributed by atoms with Gasteiger partial charge in [-0.3, -0.25) is 9.59 Å². The van der Waals surface area contributed by atoms with Crippen LogP contribution in [-0.4, -0.2) is 43.7 Å². The average Bonchev–Trinajstić information content (AvgIpc) is 3.27. The van der Waals surface area contributed by atoms with Crippen molar-refractivity contribution >= 4 is 29.9 Å². The van der Waals surface area contributed by atoms with Crippen molar-refractivity contribution in [3.63, 3.8) is 0 Å². The fraction of sp³-hybridized carbons (Fsp3) is 0.529. The van der Waals surface area contributed by atoms with E-state index in [-0.39, 0.29) is 36.4 Å². The van der Waals surface area contributed by atoms with Crippen molar-refractivity contribution in [2.45, 2.75) is 43.9 Å². The Balaban J connectivity index is 0.00000225. The van der Waals surface area contributed by atoms with E-state index in [1.165, 1.54) is 7.11 Å². The van der Waals surface area contributed by atoms with E-state index < -0.39 is 6.10 Å². The summed E-state index contributed by atoms with van der Waals surface area (Å²) >= 11 is 0. The van der Waals surface area contributed by atoms with Crippen molar-refractivity contribution in [3.8, 4) is 5.75 Å². The second kappa shape index (κ2) is 8.51. The minimum atomic E-state index is -0.528. The molecule has 0 aromatic heterocycles. The highest BCUT2D eigenvalue weighted by molar-refractivity contribution is 6.05. The molecule has 3 rings (SSSR count). The summed E-state index contributed by atoms with van der Waals surface area (Å²) in [5.41, 5.74) is 6.42. The zero-order chi connectivity index (χ0) is 17.1. The van der Waals surface area contributed by atoms with Gasteiger partial charge in [0.1, 0.15) is 11.9 Å². The number of hydrogen-bond acceptors (Lipinski definition) is 5. The molecule has 25 heavy (non-hydrogen) atoms. The van der Waals surface area contributed by atoms with Gasteiger partial charge in [-0.15, -0.1) is 12.4 Å². The third kappa shape index (κ3) is 4.84. The first-order valence-corrected chi connectivity index (χ1v) is 8.26. The Labute approximate surface area is 153 Å². The van der Waals surface area contributed by atoms with Crippen LogP contribution in [0.2, 0.25) is 0 Å². The molecule has 0 unspecified atom stereocenters. The van der Waals surface area contributed by atoms with E-state index in [1.54, 1.807) is 18.2 Å². The molecule has 0 radical (unpaired) electrons. The first-order chi connectivity index (χ1) is 11.6. The first-order valence-electron chi connectivity index (χ1n) is 8.26. The number of halogens is 1. The van der Waals surface area contributed by atoms with Crippen LogP contribution >= 0.6 is 12.4 Å². The molecule has 4 N–H and O–H groups in total. The summed E-state index contributed by atoms with van der Waals surface area (Å²) in [7, 11) is 1.54. The molecule has 0 spiro atoms. The van der Waals surface area contributed by atoms with Gasteiger partial charge in [0.05, 0.1) is 24.5 Å². The maximum atomic E-state index is 12.4. The van der Waals surface area contributed by atoms with Gasteiger partial charge >= 0.3 is 0 Å². The van der Waals surface area contributed by atoms with Gasteiger partial charge in [-0.05, 0) is 43.9 Å². The summed E-state index contributed by atoms with van der Waals surface area (Å²) in [6.07, 6.45) is 2.79. The van der Waals surface area contributed by atoms with Crippen LogP contribution < -0.4 is 21.1 Å². The molecule has 8 heteroatoms. The Bertz CT molecular complexity index is 636. The van der Waals surface area contributed by atoms with Gasteiger partial charge in [0, 0.05) is 12.6 Å². The molecule has 138 valence electrons. The third-order valence-electron chi connectivity index (χ3n) is 4.30. The molecule has 1 heterocycles. The quantitative estimate of drug-likeness (QED) is 0.704. The van der Waals surface area contributed by atoms with Crippen LogP contribution in [0.3, 0.4) is 0 Å². The van der Waals surface area contributed by atoms with Crippen LogP contribution in [0.1, 0.15) is 36.0 Å². The SMILES string of the molecule is COc1ccc(NC(=O)[C@@H]2CC[C@H](CN)O2)c(C(=O)NC2CC2)c1.Cl. The number of anilines is 1. The molecule has 7 nitrogen and oxygen atoms in total. The van der Waals surface area contributed by atoms with Gasteiger partial charge in [0.2, 0.25) is 0 Å². The van der Waals surface area contributed by atoms with Crippen molar-refractivity contribution < 1.29 is 19.1 Å². The molecule has 1 saturated heterocycles. The maximum Gasteiger partial charge on any atom is 0.253 e. The Morgan fingerprint density at radius 1 is 1.28 bits per heavy atom. The Kier molecular flexibility index (Phi) is 6.64. The lowest BCUT2D eigenvalue weighted by atomic mass is 10.1. The maximum absolute atomic E-state index is 12.4. The Morgan fingerprint density at radius 2 is 2.04 bits per heavy atom. The Morgan fingerprint density at radius 3 is 2.64 bits per heavy atom. The third-order valence-corrected chi connectivity index (χ3v) is 4.30. The molecule has 2 amide bonds. The van der Waals surface area contributed by atoms with Crippen molar-refractivity contribution in [1.82, 2.24) is 5.32 Å². The molecule has 1 aromatic rings. The van der Waals surface area contributed by atoms with Crippen molar-refractivity contribution in [2.24, 2.45) is 5.73 Å². The lowest BCUT2D eigenvalue weighted by Gasteiger charge is -2.16. The zero-order valence-corrected chi connectivity index (χ0v) is 14.9. The second-order valence-corrected chi connectivity index (χ2v) is 6.21. The van der Waals surface area contributed by atoms with Crippen molar-refractivity contribution in [1.29, 1.82) is 0 Å². The number of nitrogens with one attached hydrogen (secondary N) is 2. The fourth-order valence-electron chi connectivity index (χ4n) is 2.72. The minimum Gasteiger partial charge on any atom is -0.497 e. The summed E-state index contributed by atoms with van der Waals surface area (Å²) in [5, 5.41) is 5.73. The van der Waals surface area contributed by atoms with Gasteiger partial charge in [-0.1, -0.05) is 0 Å². The number of rotatable bonds is 6. The van der Waals surface area contributed by atoms with Crippen LogP contribution in [0.25, 0.3) is 0 Å². The second-order valence-electron chi connectivity index (χ2n) is 6.21. The molecule has 1 aliphatic heterocycles. The van der Waals surface area contributed by atoms with Gasteiger partial charge < -0.3 is 25.8 Å². The monoisotopic (exact) mass is 369 g/mol. The number of methoxy groups -OCH3 is 1. The molecule has 1 aromatic carbocycles. The summed E-state index contributed by atoms with van der Waals surface area (Å²) < 4.78 is 10.8. The van der Waals surface area contributed by atoms with Gasteiger partial charge in [-0.2, -0.15) is 0 Å². The summed E-state index contributed by atoms with van der Waals surface area (Å²) in [4.78, 5) is 24.8. The van der Waals surface area contributed by atoms with Crippen LogP contribution in [-0.2, 0) is 9.53 Å². The van der Waals surface area contributed by atoms with E-state index in [4.69, 9.17) is 15.2 Å². The lowest BCUT2D eigenvalue weighted by Crippen LogP contribution is -2.31. The molecule has 1 saturated carbocycles. The summed E-state index contributed by atoms with van der Waals surface area (Å²) in [6, 6.07) is 5.25. The number of carbonyl (C=O) groups excluding carboxylic acids is 2. The molecular formula is C17H24ClN3O4. The molecule has 2 aliphatic rings. The van der Waals surface area contributed by atoms with Gasteiger partial charge in [0.25, 0.3) is 11.8 Å². The van der Waals surface area contributed by atoms with Crippen LogP contribution in [0.5, 0.6) is 5.75 Å². The van der Waals surface area contributed by atoms with Crippen molar-refractivity contribution in [3.05, 3.63) is 23.8 Å². The topological polar surface area (TPSA) is 103 Å². The van der Waals surface area contributed by atoms with Crippen LogP contribution in [0.4, 0.5) is 5.69 Å². The molecule has 1 aliphatic carbocycles. The van der Waals surface area contributed by atoms with Gasteiger partial charge in [-0.25, -0.2) is 0 Å². The first kappa shape index (κ1) is 19.5. The number of ether oxygens (including phenoxy) is 2. The highest BCUT2D eigenvalue weighted by Gasteiger charge is 2.31. The molecular weight excluding hydrogens is 346 g/mol. The van der Waals surface area contributed by atoms with E-state index in [1.807, 2.05) is 0 Å². The van der Waals surface area contributed by atoms with E-state index >= 15 is 0 Å². The molecule has 2 fully saturated rings. The number of amides is 2. The minimum absolute atomic E-state index is 0. The van der Waals surface area contributed by atoms with E-state index in [0.29, 0.717) is 30.0 Å². The predicted octanol–water partition coefficient (Wildman–Crippen LogP) is 1.45. The smallest absolute Gasteiger partial charge is 0.253 e. The van der Waals surface area contributed by atoms with Crippen molar-refractivity contribution in [2.75, 3.05) is 19.0 Å². The van der Waals surface area contributed by atoms with E-state index in [2.05, 4.69) is 10.6 Å². The largest absolute Gasteiger partial charge is 0.497 e. The standard InChI is InChI=1S/C17H23N3O4.ClH/c1-23-11-4-6-14(13(8-11)16(21)19-10-2-3-10)20-17(22)15-7-5-12(9-18)24-15;/h4,6,8,10,12,15H,2-3,5,7,9,18H2,1H3,(H,19,21)(H,20,22);1H/t12-,15+;/m1./s1.